The van der Waals surface area contributed by atoms with Crippen LogP contribution in [0, 0.1) is 0 Å². The van der Waals surface area contributed by atoms with Gasteiger partial charge in [0.05, 0.1) is 18.0 Å². The molecule has 100 valence electrons. The molecule has 0 saturated heterocycles. The van der Waals surface area contributed by atoms with Gasteiger partial charge in [-0.3, -0.25) is 4.79 Å². The summed E-state index contributed by atoms with van der Waals surface area (Å²) in [6.07, 6.45) is 0. The second-order valence-electron chi connectivity index (χ2n) is 3.88. The molecule has 1 rings (SSSR count). The maximum absolute atomic E-state index is 11.7. The van der Waals surface area contributed by atoms with E-state index in [-0.39, 0.29) is 11.9 Å². The summed E-state index contributed by atoms with van der Waals surface area (Å²) in [5.41, 5.74) is 7.19. The maximum Gasteiger partial charge on any atom is 0.242 e. The maximum atomic E-state index is 11.7. The molecule has 0 aliphatic heterocycles. The van der Waals surface area contributed by atoms with E-state index in [9.17, 15) is 4.79 Å². The molecular formula is C12H18BrN3O2. The van der Waals surface area contributed by atoms with Crippen LogP contribution in [0.1, 0.15) is 6.92 Å². The lowest BCUT2D eigenvalue weighted by Gasteiger charge is -2.16. The summed E-state index contributed by atoms with van der Waals surface area (Å²) in [5.74, 6) is -0.0885. The van der Waals surface area contributed by atoms with Gasteiger partial charge in [0.1, 0.15) is 6.04 Å². The van der Waals surface area contributed by atoms with Gasteiger partial charge in [0.25, 0.3) is 0 Å². The zero-order valence-electron chi connectivity index (χ0n) is 10.5. The first-order valence-corrected chi connectivity index (χ1v) is 6.42. The van der Waals surface area contributed by atoms with Crippen LogP contribution in [0.2, 0.25) is 0 Å². The summed E-state index contributed by atoms with van der Waals surface area (Å²) in [4.78, 5) is 11.7. The summed E-state index contributed by atoms with van der Waals surface area (Å²) in [6, 6.07) is 5.13. The third kappa shape index (κ3) is 4.54. The Morgan fingerprint density at radius 2 is 2.28 bits per heavy atom. The van der Waals surface area contributed by atoms with Crippen molar-refractivity contribution in [1.29, 1.82) is 0 Å². The van der Waals surface area contributed by atoms with Gasteiger partial charge in [0.2, 0.25) is 5.91 Å². The number of rotatable bonds is 6. The smallest absolute Gasteiger partial charge is 0.242 e. The number of nitrogen functional groups attached to an aromatic ring is 1. The fraction of sp³-hybridized carbons (Fsp3) is 0.417. The predicted molar refractivity (Wildman–Crippen MR) is 76.5 cm³/mol. The van der Waals surface area contributed by atoms with E-state index in [1.54, 1.807) is 20.1 Å². The average Bonchev–Trinajstić information content (AvgIpc) is 2.32. The Balaban J connectivity index is 2.53. The number of nitrogens with two attached hydrogens (primary N) is 1. The minimum absolute atomic E-state index is 0.0885. The van der Waals surface area contributed by atoms with Crippen molar-refractivity contribution in [3.8, 4) is 0 Å². The van der Waals surface area contributed by atoms with Crippen molar-refractivity contribution < 1.29 is 9.53 Å². The lowest BCUT2D eigenvalue weighted by atomic mass is 10.2. The number of hydrogen-bond acceptors (Lipinski definition) is 4. The van der Waals surface area contributed by atoms with Crippen LogP contribution in [0.15, 0.2) is 22.7 Å². The number of amides is 1. The molecule has 0 aliphatic rings. The fourth-order valence-corrected chi connectivity index (χ4v) is 1.77. The van der Waals surface area contributed by atoms with Crippen molar-refractivity contribution in [3.05, 3.63) is 22.7 Å². The quantitative estimate of drug-likeness (QED) is 0.550. The molecule has 4 N–H and O–H groups in total. The van der Waals surface area contributed by atoms with Gasteiger partial charge in [-0.15, -0.1) is 0 Å². The molecular weight excluding hydrogens is 298 g/mol. The fourth-order valence-electron chi connectivity index (χ4n) is 1.39. The van der Waals surface area contributed by atoms with Crippen LogP contribution in [-0.4, -0.2) is 32.2 Å². The molecule has 1 amide bonds. The van der Waals surface area contributed by atoms with Crippen LogP contribution >= 0.6 is 15.9 Å². The van der Waals surface area contributed by atoms with Crippen LogP contribution < -0.4 is 16.4 Å². The lowest BCUT2D eigenvalue weighted by Crippen LogP contribution is -2.39. The van der Waals surface area contributed by atoms with Crippen molar-refractivity contribution in [2.45, 2.75) is 13.0 Å². The highest BCUT2D eigenvalue weighted by Crippen LogP contribution is 2.23. The zero-order valence-corrected chi connectivity index (χ0v) is 12.1. The van der Waals surface area contributed by atoms with E-state index in [2.05, 4.69) is 26.6 Å². The molecule has 1 atom stereocenters. The highest BCUT2D eigenvalue weighted by Gasteiger charge is 2.12. The Morgan fingerprint density at radius 3 is 2.89 bits per heavy atom. The first kappa shape index (κ1) is 14.8. The highest BCUT2D eigenvalue weighted by atomic mass is 79.9. The van der Waals surface area contributed by atoms with E-state index in [0.717, 1.165) is 10.2 Å². The van der Waals surface area contributed by atoms with Gasteiger partial charge < -0.3 is 21.1 Å². The largest absolute Gasteiger partial charge is 0.397 e. The molecule has 0 bridgehead atoms. The summed E-state index contributed by atoms with van der Waals surface area (Å²) >= 11 is 3.33. The number of carbonyl (C=O) groups is 1. The first-order valence-electron chi connectivity index (χ1n) is 5.62. The van der Waals surface area contributed by atoms with Gasteiger partial charge in [0.15, 0.2) is 0 Å². The lowest BCUT2D eigenvalue weighted by molar-refractivity contribution is -0.121. The predicted octanol–water partition coefficient (Wildman–Crippen LogP) is 1.59. The summed E-state index contributed by atoms with van der Waals surface area (Å²) in [6.45, 7) is 2.78. The third-order valence-electron chi connectivity index (χ3n) is 2.38. The number of carbonyl (C=O) groups excluding carboxylic acids is 1. The molecule has 0 aliphatic carbocycles. The summed E-state index contributed by atoms with van der Waals surface area (Å²) < 4.78 is 5.77. The van der Waals surface area contributed by atoms with E-state index < -0.39 is 0 Å². The molecule has 1 unspecified atom stereocenters. The van der Waals surface area contributed by atoms with Gasteiger partial charge in [0, 0.05) is 18.1 Å². The van der Waals surface area contributed by atoms with Crippen molar-refractivity contribution in [2.24, 2.45) is 0 Å². The number of hydrogen-bond donors (Lipinski definition) is 3. The van der Waals surface area contributed by atoms with Crippen molar-refractivity contribution in [1.82, 2.24) is 5.32 Å². The number of benzene rings is 1. The van der Waals surface area contributed by atoms with E-state index >= 15 is 0 Å². The molecule has 18 heavy (non-hydrogen) atoms. The Labute approximate surface area is 115 Å². The summed E-state index contributed by atoms with van der Waals surface area (Å²) in [7, 11) is 1.59. The number of methoxy groups -OCH3 is 1. The number of halogens is 1. The SMILES string of the molecule is COCCNC(=O)C(C)Nc1ccc(Br)cc1N. The average molecular weight is 316 g/mol. The molecule has 1 aromatic rings. The van der Waals surface area contributed by atoms with Crippen LogP contribution in [-0.2, 0) is 9.53 Å². The molecule has 1 aromatic carbocycles. The van der Waals surface area contributed by atoms with Crippen molar-refractivity contribution in [2.75, 3.05) is 31.3 Å². The first-order chi connectivity index (χ1) is 8.54. The molecule has 0 spiro atoms. The zero-order chi connectivity index (χ0) is 13.5. The second-order valence-corrected chi connectivity index (χ2v) is 4.80. The van der Waals surface area contributed by atoms with E-state index in [0.29, 0.717) is 18.8 Å². The minimum atomic E-state index is -0.356. The standard InChI is InChI=1S/C12H18BrN3O2/c1-8(12(17)15-5-6-18-2)16-11-4-3-9(13)7-10(11)14/h3-4,7-8,16H,5-6,14H2,1-2H3,(H,15,17). The molecule has 6 heteroatoms. The second kappa shape index (κ2) is 7.23. The van der Waals surface area contributed by atoms with Gasteiger partial charge in [-0.1, -0.05) is 15.9 Å². The Bertz CT molecular complexity index is 412. The normalized spacial score (nSPS) is 11.9. The van der Waals surface area contributed by atoms with Crippen molar-refractivity contribution >= 4 is 33.2 Å². The Morgan fingerprint density at radius 1 is 1.56 bits per heavy atom. The Hall–Kier alpha value is -1.27. The molecule has 0 fully saturated rings. The topological polar surface area (TPSA) is 76.4 Å². The third-order valence-corrected chi connectivity index (χ3v) is 2.88. The van der Waals surface area contributed by atoms with Gasteiger partial charge in [-0.2, -0.15) is 0 Å². The number of ether oxygens (including phenoxy) is 1. The number of nitrogens with one attached hydrogen (secondary N) is 2. The van der Waals surface area contributed by atoms with E-state index in [4.69, 9.17) is 10.5 Å². The van der Waals surface area contributed by atoms with Crippen molar-refractivity contribution in [3.63, 3.8) is 0 Å². The molecule has 5 nitrogen and oxygen atoms in total. The van der Waals surface area contributed by atoms with Crippen LogP contribution in [0.4, 0.5) is 11.4 Å². The monoisotopic (exact) mass is 315 g/mol. The highest BCUT2D eigenvalue weighted by molar-refractivity contribution is 9.10. The molecule has 0 aromatic heterocycles. The van der Waals surface area contributed by atoms with Gasteiger partial charge in [-0.25, -0.2) is 0 Å². The summed E-state index contributed by atoms with van der Waals surface area (Å²) in [5, 5.41) is 5.82. The van der Waals surface area contributed by atoms with Crippen LogP contribution in [0.25, 0.3) is 0 Å². The molecule has 0 radical (unpaired) electrons. The Kier molecular flexibility index (Phi) is 5.94. The minimum Gasteiger partial charge on any atom is -0.397 e. The van der Waals surface area contributed by atoms with E-state index in [1.807, 2.05) is 12.1 Å². The molecule has 0 heterocycles. The van der Waals surface area contributed by atoms with Crippen LogP contribution in [0.5, 0.6) is 0 Å². The van der Waals surface area contributed by atoms with Gasteiger partial charge >= 0.3 is 0 Å². The number of anilines is 2. The molecule has 0 saturated carbocycles. The van der Waals surface area contributed by atoms with Gasteiger partial charge in [-0.05, 0) is 25.1 Å². The van der Waals surface area contributed by atoms with Crippen LogP contribution in [0.3, 0.4) is 0 Å². The van der Waals surface area contributed by atoms with E-state index in [1.165, 1.54) is 0 Å².